The van der Waals surface area contributed by atoms with Crippen LogP contribution in [0.1, 0.15) is 10.5 Å². The van der Waals surface area contributed by atoms with E-state index in [1.54, 1.807) is 48.7 Å². The average Bonchev–Trinajstić information content (AvgIpc) is 2.78. The van der Waals surface area contributed by atoms with Crippen LogP contribution in [0.2, 0.25) is 5.02 Å². The van der Waals surface area contributed by atoms with Crippen LogP contribution in [0.25, 0.3) is 5.52 Å². The smallest absolute Gasteiger partial charge is 0.362 e. The van der Waals surface area contributed by atoms with Crippen LogP contribution < -0.4 is 4.74 Å². The van der Waals surface area contributed by atoms with Gasteiger partial charge in [0.15, 0.2) is 5.69 Å². The highest BCUT2D eigenvalue weighted by atomic mass is 35.5. The molecule has 0 aliphatic rings. The van der Waals surface area contributed by atoms with Crippen LogP contribution in [0.5, 0.6) is 5.75 Å². The monoisotopic (exact) mass is 272 g/mol. The normalized spacial score (nSPS) is 10.6. The van der Waals surface area contributed by atoms with Gasteiger partial charge in [0.05, 0.1) is 10.5 Å². The van der Waals surface area contributed by atoms with Gasteiger partial charge in [0.2, 0.25) is 0 Å². The maximum Gasteiger partial charge on any atom is 0.362 e. The molecular formula is C14H9ClN2O2. The van der Waals surface area contributed by atoms with Gasteiger partial charge in [0.25, 0.3) is 0 Å². The minimum atomic E-state index is -0.494. The first-order chi connectivity index (χ1) is 9.25. The fraction of sp³-hybridized carbons (Fsp3) is 0. The van der Waals surface area contributed by atoms with E-state index in [0.29, 0.717) is 22.0 Å². The first-order valence-electron chi connectivity index (χ1n) is 5.65. The lowest BCUT2D eigenvalue weighted by Gasteiger charge is -2.03. The van der Waals surface area contributed by atoms with Gasteiger partial charge in [-0.25, -0.2) is 9.31 Å². The summed E-state index contributed by atoms with van der Waals surface area (Å²) >= 11 is 6.06. The molecule has 0 saturated heterocycles. The van der Waals surface area contributed by atoms with Gasteiger partial charge < -0.3 is 4.74 Å². The molecule has 5 heteroatoms. The van der Waals surface area contributed by atoms with Gasteiger partial charge >= 0.3 is 5.97 Å². The number of aromatic nitrogens is 2. The van der Waals surface area contributed by atoms with E-state index < -0.39 is 5.97 Å². The molecule has 0 aliphatic heterocycles. The third-order valence-electron chi connectivity index (χ3n) is 2.65. The predicted octanol–water partition coefficient (Wildman–Crippen LogP) is 3.21. The van der Waals surface area contributed by atoms with Crippen molar-refractivity contribution in [2.45, 2.75) is 0 Å². The molecule has 3 rings (SSSR count). The van der Waals surface area contributed by atoms with Crippen molar-refractivity contribution >= 4 is 23.1 Å². The number of benzene rings is 1. The lowest BCUT2D eigenvalue weighted by atomic mass is 10.3. The molecule has 0 atom stereocenters. The van der Waals surface area contributed by atoms with Crippen LogP contribution in [0, 0.1) is 0 Å². The van der Waals surface area contributed by atoms with E-state index in [2.05, 4.69) is 5.10 Å². The summed E-state index contributed by atoms with van der Waals surface area (Å²) in [5.41, 5.74) is 0.966. The second-order valence-electron chi connectivity index (χ2n) is 3.90. The van der Waals surface area contributed by atoms with Gasteiger partial charge in [-0.15, -0.1) is 0 Å². The minimum absolute atomic E-state index is 0.296. The number of para-hydroxylation sites is 1. The maximum atomic E-state index is 12.1. The largest absolute Gasteiger partial charge is 0.422 e. The number of fused-ring (bicyclic) bond motifs is 1. The summed E-state index contributed by atoms with van der Waals surface area (Å²) in [5.74, 6) is -0.0127. The van der Waals surface area contributed by atoms with E-state index in [1.807, 2.05) is 6.07 Å². The fourth-order valence-electron chi connectivity index (χ4n) is 1.79. The molecule has 2 heterocycles. The first-order valence-corrected chi connectivity index (χ1v) is 6.03. The number of rotatable bonds is 2. The average molecular weight is 273 g/mol. The Morgan fingerprint density at radius 1 is 1.16 bits per heavy atom. The number of esters is 1. The molecule has 0 spiro atoms. The number of hydrogen-bond donors (Lipinski definition) is 0. The van der Waals surface area contributed by atoms with Gasteiger partial charge in [-0.05, 0) is 30.3 Å². The van der Waals surface area contributed by atoms with Crippen molar-refractivity contribution in [2.75, 3.05) is 0 Å². The molecule has 94 valence electrons. The zero-order chi connectivity index (χ0) is 13.2. The van der Waals surface area contributed by atoms with Gasteiger partial charge in [-0.2, -0.15) is 5.10 Å². The lowest BCUT2D eigenvalue weighted by Crippen LogP contribution is -2.12. The van der Waals surface area contributed by atoms with Crippen molar-refractivity contribution < 1.29 is 9.53 Å². The number of hydrogen-bond acceptors (Lipinski definition) is 3. The molecule has 19 heavy (non-hydrogen) atoms. The molecule has 0 unspecified atom stereocenters. The van der Waals surface area contributed by atoms with Crippen molar-refractivity contribution in [3.63, 3.8) is 0 Å². The summed E-state index contributed by atoms with van der Waals surface area (Å²) < 4.78 is 6.73. The van der Waals surface area contributed by atoms with Crippen molar-refractivity contribution in [2.24, 2.45) is 0 Å². The Morgan fingerprint density at radius 3 is 2.74 bits per heavy atom. The van der Waals surface area contributed by atoms with Crippen LogP contribution in [0.4, 0.5) is 0 Å². The predicted molar refractivity (Wildman–Crippen MR) is 71.6 cm³/mol. The summed E-state index contributed by atoms with van der Waals surface area (Å²) in [6, 6.07) is 14.0. The quantitative estimate of drug-likeness (QED) is 0.531. The molecule has 0 fully saturated rings. The Hall–Kier alpha value is -2.33. The molecule has 0 radical (unpaired) electrons. The molecule has 3 aromatic rings. The van der Waals surface area contributed by atoms with E-state index in [1.165, 1.54) is 4.52 Å². The number of carbonyl (C=O) groups is 1. The molecule has 2 aromatic heterocycles. The van der Waals surface area contributed by atoms with Gasteiger partial charge in [-0.1, -0.05) is 29.8 Å². The summed E-state index contributed by atoms with van der Waals surface area (Å²) in [4.78, 5) is 12.1. The summed E-state index contributed by atoms with van der Waals surface area (Å²) in [7, 11) is 0. The first kappa shape index (κ1) is 11.7. The summed E-state index contributed by atoms with van der Waals surface area (Å²) in [5, 5.41) is 4.56. The summed E-state index contributed by atoms with van der Waals surface area (Å²) in [6.07, 6.45) is 1.59. The Morgan fingerprint density at radius 2 is 1.95 bits per heavy atom. The van der Waals surface area contributed by atoms with Gasteiger partial charge in [0, 0.05) is 6.20 Å². The Labute approximate surface area is 114 Å². The van der Waals surface area contributed by atoms with E-state index in [9.17, 15) is 4.79 Å². The van der Waals surface area contributed by atoms with Crippen LogP contribution in [-0.4, -0.2) is 15.6 Å². The fourth-order valence-corrected chi connectivity index (χ4v) is 2.04. The number of ether oxygens (including phenoxy) is 1. The van der Waals surface area contributed by atoms with E-state index in [-0.39, 0.29) is 0 Å². The zero-order valence-corrected chi connectivity index (χ0v) is 10.5. The van der Waals surface area contributed by atoms with Crippen LogP contribution in [0.3, 0.4) is 0 Å². The Kier molecular flexibility index (Phi) is 2.93. The molecule has 1 aromatic carbocycles. The van der Waals surface area contributed by atoms with Gasteiger partial charge in [-0.3, -0.25) is 0 Å². The number of carbonyl (C=O) groups excluding carboxylic acids is 1. The maximum absolute atomic E-state index is 12.1. The zero-order valence-electron chi connectivity index (χ0n) is 9.79. The number of nitrogens with zero attached hydrogens (tertiary/aromatic N) is 2. The van der Waals surface area contributed by atoms with Crippen molar-refractivity contribution in [1.29, 1.82) is 0 Å². The second kappa shape index (κ2) is 4.74. The number of halogens is 1. The molecule has 0 bridgehead atoms. The summed E-state index contributed by atoms with van der Waals surface area (Å²) in [6.45, 7) is 0. The third-order valence-corrected chi connectivity index (χ3v) is 2.95. The van der Waals surface area contributed by atoms with E-state index in [0.717, 1.165) is 0 Å². The second-order valence-corrected chi connectivity index (χ2v) is 4.31. The SMILES string of the molecule is O=C(Oc1ccccc1)c1cc(Cl)c2cccnn12. The topological polar surface area (TPSA) is 43.6 Å². The standard InChI is InChI=1S/C14H9ClN2O2/c15-11-9-13(17-12(11)7-4-8-16-17)14(18)19-10-5-2-1-3-6-10/h1-9H. The van der Waals surface area contributed by atoms with Crippen LogP contribution >= 0.6 is 11.6 Å². The third kappa shape index (κ3) is 2.18. The highest BCUT2D eigenvalue weighted by Crippen LogP contribution is 2.22. The highest BCUT2D eigenvalue weighted by molar-refractivity contribution is 6.34. The van der Waals surface area contributed by atoms with Crippen molar-refractivity contribution in [1.82, 2.24) is 9.61 Å². The molecule has 0 saturated carbocycles. The van der Waals surface area contributed by atoms with Crippen LogP contribution in [0.15, 0.2) is 54.7 Å². The molecular weight excluding hydrogens is 264 g/mol. The van der Waals surface area contributed by atoms with E-state index >= 15 is 0 Å². The van der Waals surface area contributed by atoms with Crippen molar-refractivity contribution in [3.05, 3.63) is 65.4 Å². The lowest BCUT2D eigenvalue weighted by molar-refractivity contribution is 0.0726. The minimum Gasteiger partial charge on any atom is -0.422 e. The molecule has 0 aliphatic carbocycles. The Bertz CT molecular complexity index is 738. The molecule has 0 N–H and O–H groups in total. The van der Waals surface area contributed by atoms with Crippen molar-refractivity contribution in [3.8, 4) is 5.75 Å². The highest BCUT2D eigenvalue weighted by Gasteiger charge is 2.17. The molecule has 0 amide bonds. The van der Waals surface area contributed by atoms with Gasteiger partial charge in [0.1, 0.15) is 5.75 Å². The Balaban J connectivity index is 1.98. The van der Waals surface area contributed by atoms with E-state index in [4.69, 9.17) is 16.3 Å². The molecule has 4 nitrogen and oxygen atoms in total. The van der Waals surface area contributed by atoms with Crippen LogP contribution in [-0.2, 0) is 0 Å².